The van der Waals surface area contributed by atoms with E-state index in [1.165, 1.54) is 22.3 Å². The van der Waals surface area contributed by atoms with Crippen molar-refractivity contribution in [1.82, 2.24) is 0 Å². The van der Waals surface area contributed by atoms with Crippen molar-refractivity contribution in [3.8, 4) is 34.5 Å². The van der Waals surface area contributed by atoms with Crippen LogP contribution in [0.2, 0.25) is 5.54 Å². The topological polar surface area (TPSA) is 55.4 Å². The van der Waals surface area contributed by atoms with E-state index in [9.17, 15) is 0 Å². The van der Waals surface area contributed by atoms with Gasteiger partial charge in [-0.15, -0.1) is 0 Å². The van der Waals surface area contributed by atoms with Gasteiger partial charge in [-0.1, -0.05) is 11.1 Å². The Kier molecular flexibility index (Phi) is 9.98. The summed E-state index contributed by atoms with van der Waals surface area (Å²) < 4.78 is 37.7. The van der Waals surface area contributed by atoms with Gasteiger partial charge in [-0.2, -0.15) is 0 Å². The Labute approximate surface area is 277 Å². The molecule has 6 nitrogen and oxygen atoms in total. The van der Waals surface area contributed by atoms with Crippen LogP contribution in [0.3, 0.4) is 0 Å². The quantitative estimate of drug-likeness (QED) is 0.173. The minimum Gasteiger partial charge on any atom is -0.497 e. The number of hydrogen-bond donors (Lipinski definition) is 0. The van der Waals surface area contributed by atoms with E-state index in [0.29, 0.717) is 0 Å². The lowest BCUT2D eigenvalue weighted by Gasteiger charge is -2.44. The smallest absolute Gasteiger partial charge is 0.173 e. The number of methoxy groups -OCH3 is 6. The highest BCUT2D eigenvalue weighted by atomic mass is 28.3. The van der Waals surface area contributed by atoms with E-state index in [1.54, 1.807) is 42.7 Å². The molecule has 0 saturated carbocycles. The van der Waals surface area contributed by atoms with Gasteiger partial charge in [0, 0.05) is 5.54 Å². The Morgan fingerprint density at radius 1 is 0.391 bits per heavy atom. The van der Waals surface area contributed by atoms with Crippen LogP contribution in [0.15, 0.2) is 40.5 Å². The molecule has 1 aliphatic rings. The third-order valence-electron chi connectivity index (χ3n) is 11.0. The molecule has 0 unspecified atom stereocenters. The first-order valence-corrected chi connectivity index (χ1v) is 17.8. The van der Waals surface area contributed by atoms with Gasteiger partial charge in [0.2, 0.25) is 0 Å². The van der Waals surface area contributed by atoms with Gasteiger partial charge in [-0.05, 0) is 148 Å². The van der Waals surface area contributed by atoms with Gasteiger partial charge in [0.05, 0.1) is 42.7 Å². The lowest BCUT2D eigenvalue weighted by atomic mass is 10.1. The maximum Gasteiger partial charge on any atom is 0.173 e. The predicted octanol–water partition coefficient (Wildman–Crippen LogP) is 7.12. The van der Waals surface area contributed by atoms with Gasteiger partial charge in [-0.3, -0.25) is 0 Å². The first kappa shape index (κ1) is 35.0. The van der Waals surface area contributed by atoms with Crippen LogP contribution in [0.4, 0.5) is 0 Å². The maximum absolute atomic E-state index is 6.46. The van der Waals surface area contributed by atoms with Crippen LogP contribution < -0.4 is 44.0 Å². The van der Waals surface area contributed by atoms with Crippen molar-refractivity contribution >= 4 is 23.6 Å². The summed E-state index contributed by atoms with van der Waals surface area (Å²) in [4.78, 5) is 0. The maximum atomic E-state index is 6.46. The summed E-state index contributed by atoms with van der Waals surface area (Å²) >= 11 is 0. The molecule has 1 aliphatic carbocycles. The molecule has 248 valence electrons. The van der Waals surface area contributed by atoms with Crippen molar-refractivity contribution < 1.29 is 28.4 Å². The summed E-state index contributed by atoms with van der Waals surface area (Å²) in [6.45, 7) is 21.6. The predicted molar refractivity (Wildman–Crippen MR) is 192 cm³/mol. The molecule has 4 rings (SSSR count). The molecule has 3 aromatic carbocycles. The average Bonchev–Trinajstić information content (AvgIpc) is 3.24. The number of rotatable bonds is 10. The van der Waals surface area contributed by atoms with Crippen molar-refractivity contribution in [2.75, 3.05) is 42.7 Å². The largest absolute Gasteiger partial charge is 0.497 e. The SMILES string of the molecule is COc1cc([Si](c2cc(OC)c(C)c(C)c2OC)(c2cc(OC)c(C)c(C)c2OC)C2C(C)=C(C)C(C)=C2C)c(OC)c(C)c1C. The highest BCUT2D eigenvalue weighted by molar-refractivity contribution is 7.14. The Hall–Kier alpha value is -3.84. The average molecular weight is 645 g/mol. The normalized spacial score (nSPS) is 13.8. The van der Waals surface area contributed by atoms with Crippen LogP contribution in [0, 0.1) is 41.5 Å². The summed E-state index contributed by atoms with van der Waals surface area (Å²) in [5, 5.41) is 3.23. The number of ether oxygens (including phenoxy) is 6. The van der Waals surface area contributed by atoms with Crippen LogP contribution in [0.1, 0.15) is 61.1 Å². The molecule has 0 N–H and O–H groups in total. The number of hydrogen-bond acceptors (Lipinski definition) is 6. The monoisotopic (exact) mass is 644 g/mol. The fourth-order valence-electron chi connectivity index (χ4n) is 7.79. The second kappa shape index (κ2) is 13.1. The Morgan fingerprint density at radius 2 is 0.652 bits per heavy atom. The zero-order valence-corrected chi connectivity index (χ0v) is 31.8. The molecule has 0 amide bonds. The van der Waals surface area contributed by atoms with Crippen molar-refractivity contribution in [1.29, 1.82) is 0 Å². The minimum atomic E-state index is -3.43. The summed E-state index contributed by atoms with van der Waals surface area (Å²) in [5.74, 6) is 4.95. The van der Waals surface area contributed by atoms with E-state index in [-0.39, 0.29) is 5.54 Å². The third kappa shape index (κ3) is 4.89. The number of allylic oxidation sites excluding steroid dienone is 4. The summed E-state index contributed by atoms with van der Waals surface area (Å²) in [5.41, 5.74) is 11.5. The van der Waals surface area contributed by atoms with E-state index in [2.05, 4.69) is 87.4 Å². The van der Waals surface area contributed by atoms with Gasteiger partial charge in [0.15, 0.2) is 8.07 Å². The van der Waals surface area contributed by atoms with Crippen LogP contribution in [0.5, 0.6) is 34.5 Å². The third-order valence-corrected chi connectivity index (χ3v) is 16.4. The first-order chi connectivity index (χ1) is 21.7. The molecule has 0 fully saturated rings. The zero-order valence-electron chi connectivity index (χ0n) is 30.8. The lowest BCUT2D eigenvalue weighted by Crippen LogP contribution is -2.71. The van der Waals surface area contributed by atoms with Gasteiger partial charge in [0.25, 0.3) is 0 Å². The standard InChI is InChI=1S/C39H52O6Si/c1-20-21(2)29(10)39(28(20)9)46(33-17-30(40-11)22(3)25(6)36(33)43-14,34-18-31(41-12)23(4)26(7)37(34)44-15)35-19-32(42-13)24(5)27(8)38(35)45-16/h17-19,39H,1-16H3. The van der Waals surface area contributed by atoms with Gasteiger partial charge in [-0.25, -0.2) is 0 Å². The molecule has 0 aromatic heterocycles. The fraction of sp³-hybridized carbons (Fsp3) is 0.436. The van der Waals surface area contributed by atoms with E-state index in [0.717, 1.165) is 83.4 Å². The van der Waals surface area contributed by atoms with E-state index >= 15 is 0 Å². The molecule has 0 spiro atoms. The van der Waals surface area contributed by atoms with Crippen LogP contribution in [0.25, 0.3) is 0 Å². The fourth-order valence-corrected chi connectivity index (χ4v) is 14.3. The van der Waals surface area contributed by atoms with Crippen molar-refractivity contribution in [3.63, 3.8) is 0 Å². The summed E-state index contributed by atoms with van der Waals surface area (Å²) in [6, 6.07) is 6.62. The van der Waals surface area contributed by atoms with Crippen molar-refractivity contribution in [2.24, 2.45) is 0 Å². The second-order valence-electron chi connectivity index (χ2n) is 12.6. The van der Waals surface area contributed by atoms with Gasteiger partial charge >= 0.3 is 0 Å². The summed E-state index contributed by atoms with van der Waals surface area (Å²) in [6.07, 6.45) is 0. The minimum absolute atomic E-state index is 0.0189. The van der Waals surface area contributed by atoms with Crippen molar-refractivity contribution in [2.45, 2.75) is 74.8 Å². The van der Waals surface area contributed by atoms with Crippen LogP contribution >= 0.6 is 0 Å². The highest BCUT2D eigenvalue weighted by Gasteiger charge is 2.56. The zero-order chi connectivity index (χ0) is 34.4. The highest BCUT2D eigenvalue weighted by Crippen LogP contribution is 2.50. The molecule has 0 aliphatic heterocycles. The molecule has 3 aromatic rings. The molecular formula is C39H52O6Si. The molecule has 0 radical (unpaired) electrons. The van der Waals surface area contributed by atoms with Crippen molar-refractivity contribution in [3.05, 3.63) is 73.9 Å². The van der Waals surface area contributed by atoms with E-state index in [4.69, 9.17) is 28.4 Å². The lowest BCUT2D eigenvalue weighted by molar-refractivity contribution is 0.398. The van der Waals surface area contributed by atoms with Gasteiger partial charge < -0.3 is 28.4 Å². The molecule has 46 heavy (non-hydrogen) atoms. The molecule has 0 heterocycles. The molecule has 0 bridgehead atoms. The van der Waals surface area contributed by atoms with E-state index < -0.39 is 8.07 Å². The van der Waals surface area contributed by atoms with Crippen LogP contribution in [-0.2, 0) is 0 Å². The molecule has 0 atom stereocenters. The second-order valence-corrected chi connectivity index (χ2v) is 16.4. The molecule has 0 saturated heterocycles. The Balaban J connectivity index is 2.56. The van der Waals surface area contributed by atoms with E-state index in [1.807, 2.05) is 0 Å². The molecular weight excluding hydrogens is 593 g/mol. The summed E-state index contributed by atoms with van der Waals surface area (Å²) in [7, 11) is 7.08. The molecule has 7 heteroatoms. The Bertz CT molecular complexity index is 1580. The van der Waals surface area contributed by atoms with Gasteiger partial charge in [0.1, 0.15) is 34.5 Å². The first-order valence-electron chi connectivity index (χ1n) is 15.8. The van der Waals surface area contributed by atoms with Crippen LogP contribution in [-0.4, -0.2) is 50.7 Å². The number of benzene rings is 3. The Morgan fingerprint density at radius 3 is 0.870 bits per heavy atom.